The Morgan fingerprint density at radius 2 is 1.73 bits per heavy atom. The van der Waals surface area contributed by atoms with Gasteiger partial charge in [-0.2, -0.15) is 0 Å². The molecule has 0 radical (unpaired) electrons. The van der Waals surface area contributed by atoms with E-state index in [0.29, 0.717) is 0 Å². The molecule has 0 aliphatic carbocycles. The number of carbonyl (C=O) groups is 3. The van der Waals surface area contributed by atoms with Crippen molar-refractivity contribution in [3.05, 3.63) is 0 Å². The first-order valence-electron chi connectivity index (χ1n) is 4.25. The summed E-state index contributed by atoms with van der Waals surface area (Å²) in [5.74, 6) is -4.95. The maximum Gasteiger partial charge on any atom is 0.320 e. The molecule has 6 heteroatoms. The van der Waals surface area contributed by atoms with Crippen LogP contribution >= 0.6 is 0 Å². The van der Waals surface area contributed by atoms with Gasteiger partial charge in [-0.05, 0) is 5.41 Å². The van der Waals surface area contributed by atoms with Crippen LogP contribution in [-0.4, -0.2) is 35.2 Å². The number of carboxylic acid groups (broad SMARTS) is 2. The van der Waals surface area contributed by atoms with Crippen LogP contribution in [0, 0.1) is 11.3 Å². The molecule has 1 atom stereocenters. The number of hydrogen-bond acceptors (Lipinski definition) is 4. The predicted octanol–water partition coefficient (Wildman–Crippen LogP) is 0.361. The molecule has 0 saturated carbocycles. The molecular weight excluding hydrogens is 204 g/mol. The Kier molecular flexibility index (Phi) is 4.26. The second-order valence-electron chi connectivity index (χ2n) is 3.85. The molecule has 0 aromatic rings. The van der Waals surface area contributed by atoms with Crippen LogP contribution in [0.5, 0.6) is 0 Å². The van der Waals surface area contributed by atoms with Crippen LogP contribution in [0.25, 0.3) is 0 Å². The van der Waals surface area contributed by atoms with Crippen molar-refractivity contribution in [3.63, 3.8) is 0 Å². The van der Waals surface area contributed by atoms with Crippen molar-refractivity contribution in [2.75, 3.05) is 7.11 Å². The fraction of sp³-hybridized carbons (Fsp3) is 0.667. The Bertz CT molecular complexity index is 280. The zero-order valence-electron chi connectivity index (χ0n) is 8.81. The van der Waals surface area contributed by atoms with Crippen molar-refractivity contribution in [1.29, 1.82) is 0 Å². The lowest BCUT2D eigenvalue weighted by atomic mass is 9.76. The molecule has 0 rings (SSSR count). The minimum atomic E-state index is -1.47. The van der Waals surface area contributed by atoms with Gasteiger partial charge >= 0.3 is 17.9 Å². The summed E-state index contributed by atoms with van der Waals surface area (Å²) < 4.78 is 4.33. The number of ether oxygens (including phenoxy) is 1. The highest BCUT2D eigenvalue weighted by Gasteiger charge is 2.43. The second kappa shape index (κ2) is 4.77. The topological polar surface area (TPSA) is 101 Å². The van der Waals surface area contributed by atoms with E-state index in [0.717, 1.165) is 7.11 Å². The number of carbonyl (C=O) groups excluding carboxylic acids is 1. The Hall–Kier alpha value is -1.59. The molecule has 0 bridgehead atoms. The van der Waals surface area contributed by atoms with Crippen molar-refractivity contribution < 1.29 is 29.3 Å². The van der Waals surface area contributed by atoms with Gasteiger partial charge in [-0.3, -0.25) is 14.4 Å². The largest absolute Gasteiger partial charge is 0.481 e. The van der Waals surface area contributed by atoms with Crippen LogP contribution in [0.3, 0.4) is 0 Å². The van der Waals surface area contributed by atoms with Crippen LogP contribution in [-0.2, 0) is 19.1 Å². The highest BCUT2D eigenvalue weighted by atomic mass is 16.5. The molecule has 0 saturated heterocycles. The number of aliphatic carboxylic acids is 2. The van der Waals surface area contributed by atoms with E-state index in [-0.39, 0.29) is 0 Å². The molecule has 1 unspecified atom stereocenters. The molecule has 0 fully saturated rings. The van der Waals surface area contributed by atoms with Crippen molar-refractivity contribution in [2.24, 2.45) is 11.3 Å². The Balaban J connectivity index is 4.98. The van der Waals surface area contributed by atoms with Crippen LogP contribution in [0.4, 0.5) is 0 Å². The molecule has 0 aliphatic rings. The molecule has 0 heterocycles. The fourth-order valence-electron chi connectivity index (χ4n) is 1.36. The Labute approximate surface area is 86.8 Å². The van der Waals surface area contributed by atoms with Crippen molar-refractivity contribution in [3.8, 4) is 0 Å². The summed E-state index contributed by atoms with van der Waals surface area (Å²) in [7, 11) is 1.06. The first-order valence-corrected chi connectivity index (χ1v) is 4.25. The van der Waals surface area contributed by atoms with E-state index in [1.807, 2.05) is 0 Å². The molecule has 0 amide bonds. The van der Waals surface area contributed by atoms with Crippen molar-refractivity contribution in [2.45, 2.75) is 20.3 Å². The van der Waals surface area contributed by atoms with E-state index in [2.05, 4.69) is 4.74 Å². The van der Waals surface area contributed by atoms with E-state index < -0.39 is 35.7 Å². The van der Waals surface area contributed by atoms with Crippen LogP contribution in [0.2, 0.25) is 0 Å². The summed E-state index contributed by atoms with van der Waals surface area (Å²) in [6.45, 7) is 2.80. The maximum absolute atomic E-state index is 11.2. The molecule has 86 valence electrons. The van der Waals surface area contributed by atoms with Crippen LogP contribution in [0.1, 0.15) is 20.3 Å². The number of rotatable bonds is 5. The monoisotopic (exact) mass is 218 g/mol. The quantitative estimate of drug-likeness (QED) is 0.510. The van der Waals surface area contributed by atoms with Gasteiger partial charge < -0.3 is 14.9 Å². The van der Waals surface area contributed by atoms with Gasteiger partial charge in [0.15, 0.2) is 5.92 Å². The van der Waals surface area contributed by atoms with Gasteiger partial charge in [0.2, 0.25) is 0 Å². The summed E-state index contributed by atoms with van der Waals surface area (Å²) in [6.07, 6.45) is -0.418. The van der Waals surface area contributed by atoms with E-state index in [9.17, 15) is 14.4 Å². The normalized spacial score (nSPS) is 13.0. The molecule has 0 aromatic carbocycles. The highest BCUT2D eigenvalue weighted by molar-refractivity contribution is 5.95. The smallest absolute Gasteiger partial charge is 0.320 e. The van der Waals surface area contributed by atoms with Crippen molar-refractivity contribution in [1.82, 2.24) is 0 Å². The lowest BCUT2D eigenvalue weighted by Crippen LogP contribution is -2.39. The van der Waals surface area contributed by atoms with Crippen molar-refractivity contribution >= 4 is 17.9 Å². The van der Waals surface area contributed by atoms with E-state index in [1.54, 1.807) is 0 Å². The van der Waals surface area contributed by atoms with Gasteiger partial charge in [0.25, 0.3) is 0 Å². The van der Waals surface area contributed by atoms with Crippen LogP contribution in [0.15, 0.2) is 0 Å². The standard InChI is InChI=1S/C9H14O6/c1-9(2,4-5(10)11)6(7(12)13)8(14)15-3/h6H,4H2,1-3H3,(H,10,11)(H,12,13). The summed E-state index contributed by atoms with van der Waals surface area (Å²) in [5.41, 5.74) is -1.19. The third-order valence-corrected chi connectivity index (χ3v) is 2.07. The average molecular weight is 218 g/mol. The molecule has 15 heavy (non-hydrogen) atoms. The highest BCUT2D eigenvalue weighted by Crippen LogP contribution is 2.31. The molecular formula is C9H14O6. The lowest BCUT2D eigenvalue weighted by molar-refractivity contribution is -0.163. The summed E-state index contributed by atoms with van der Waals surface area (Å²) in [6, 6.07) is 0. The molecule has 0 aliphatic heterocycles. The SMILES string of the molecule is COC(=O)C(C(=O)O)C(C)(C)CC(=O)O. The molecule has 0 aromatic heterocycles. The Morgan fingerprint density at radius 1 is 1.27 bits per heavy atom. The minimum Gasteiger partial charge on any atom is -0.481 e. The summed E-state index contributed by atoms with van der Waals surface area (Å²) in [4.78, 5) is 32.5. The third kappa shape index (κ3) is 3.57. The van der Waals surface area contributed by atoms with Gasteiger partial charge in [-0.15, -0.1) is 0 Å². The van der Waals surface area contributed by atoms with Gasteiger partial charge in [0.1, 0.15) is 0 Å². The third-order valence-electron chi connectivity index (χ3n) is 2.07. The second-order valence-corrected chi connectivity index (χ2v) is 3.85. The Morgan fingerprint density at radius 3 is 2.00 bits per heavy atom. The van der Waals surface area contributed by atoms with Crippen LogP contribution < -0.4 is 0 Å². The van der Waals surface area contributed by atoms with E-state index in [4.69, 9.17) is 10.2 Å². The lowest BCUT2D eigenvalue weighted by Gasteiger charge is -2.27. The van der Waals surface area contributed by atoms with Gasteiger partial charge in [0.05, 0.1) is 13.5 Å². The number of esters is 1. The first-order chi connectivity index (χ1) is 6.72. The maximum atomic E-state index is 11.2. The molecule has 0 spiro atoms. The fourth-order valence-corrected chi connectivity index (χ4v) is 1.36. The zero-order valence-corrected chi connectivity index (χ0v) is 8.81. The zero-order chi connectivity index (χ0) is 12.2. The molecule has 6 nitrogen and oxygen atoms in total. The summed E-state index contributed by atoms with van der Waals surface area (Å²) >= 11 is 0. The number of carboxylic acids is 2. The number of hydrogen-bond donors (Lipinski definition) is 2. The summed E-state index contributed by atoms with van der Waals surface area (Å²) in [5, 5.41) is 17.4. The predicted molar refractivity (Wildman–Crippen MR) is 49.2 cm³/mol. The average Bonchev–Trinajstić information content (AvgIpc) is 1.99. The van der Waals surface area contributed by atoms with Gasteiger partial charge in [0, 0.05) is 0 Å². The molecule has 2 N–H and O–H groups in total. The van der Waals surface area contributed by atoms with Gasteiger partial charge in [-0.25, -0.2) is 0 Å². The minimum absolute atomic E-state index is 0.418. The van der Waals surface area contributed by atoms with E-state index >= 15 is 0 Å². The number of methoxy groups -OCH3 is 1. The van der Waals surface area contributed by atoms with E-state index in [1.165, 1.54) is 13.8 Å². The first kappa shape index (κ1) is 13.4. The van der Waals surface area contributed by atoms with Gasteiger partial charge in [-0.1, -0.05) is 13.8 Å².